The van der Waals surface area contributed by atoms with E-state index in [0.29, 0.717) is 0 Å². The molecule has 0 atom stereocenters. The predicted octanol–water partition coefficient (Wildman–Crippen LogP) is 4.28. The molecule has 0 aliphatic rings. The van der Waals surface area contributed by atoms with Crippen LogP contribution < -0.4 is 5.32 Å². The Kier molecular flexibility index (Phi) is 4.13. The van der Waals surface area contributed by atoms with Crippen molar-refractivity contribution in [3.05, 3.63) is 57.4 Å². The van der Waals surface area contributed by atoms with E-state index in [4.69, 9.17) is 0 Å². The van der Waals surface area contributed by atoms with E-state index in [1.165, 1.54) is 32.6 Å². The maximum atomic E-state index is 3.23. The average Bonchev–Trinajstić information content (AvgIpc) is 3.07. The number of benzene rings is 1. The van der Waals surface area contributed by atoms with E-state index in [1.807, 2.05) is 18.4 Å². The highest BCUT2D eigenvalue weighted by Crippen LogP contribution is 2.27. The summed E-state index contributed by atoms with van der Waals surface area (Å²) in [5.41, 5.74) is 5.52. The topological polar surface area (TPSA) is 17.0 Å². The van der Waals surface area contributed by atoms with Crippen molar-refractivity contribution in [1.29, 1.82) is 0 Å². The largest absolute Gasteiger partial charge is 0.344 e. The summed E-state index contributed by atoms with van der Waals surface area (Å²) >= 11 is 1.85. The number of aromatic nitrogens is 1. The van der Waals surface area contributed by atoms with Crippen LogP contribution in [0.1, 0.15) is 21.7 Å². The number of nitrogens with one attached hydrogen (secondary N) is 1. The van der Waals surface area contributed by atoms with Gasteiger partial charge in [0.15, 0.2) is 0 Å². The zero-order valence-corrected chi connectivity index (χ0v) is 13.8. The third kappa shape index (κ3) is 2.76. The summed E-state index contributed by atoms with van der Waals surface area (Å²) in [7, 11) is 1.99. The lowest BCUT2D eigenvalue weighted by Crippen LogP contribution is -2.05. The fraction of sp³-hybridized carbons (Fsp3) is 0.333. The quantitative estimate of drug-likeness (QED) is 0.744. The zero-order valence-electron chi connectivity index (χ0n) is 12.9. The van der Waals surface area contributed by atoms with Crippen LogP contribution in [0.4, 0.5) is 0 Å². The van der Waals surface area contributed by atoms with E-state index in [0.717, 1.165) is 19.5 Å². The van der Waals surface area contributed by atoms with Crippen LogP contribution in [0, 0.1) is 13.8 Å². The smallest absolute Gasteiger partial charge is 0.0485 e. The summed E-state index contributed by atoms with van der Waals surface area (Å²) in [5.74, 6) is 0. The molecule has 0 radical (unpaired) electrons. The molecule has 0 unspecified atom stereocenters. The summed E-state index contributed by atoms with van der Waals surface area (Å²) in [6, 6.07) is 11.2. The third-order valence-corrected chi connectivity index (χ3v) is 5.18. The summed E-state index contributed by atoms with van der Waals surface area (Å²) < 4.78 is 2.47. The summed E-state index contributed by atoms with van der Waals surface area (Å²) in [5, 5.41) is 6.78. The molecule has 0 saturated heterocycles. The first-order chi connectivity index (χ1) is 10.2. The van der Waals surface area contributed by atoms with Crippen molar-refractivity contribution in [3.8, 4) is 0 Å². The van der Waals surface area contributed by atoms with Crippen molar-refractivity contribution in [1.82, 2.24) is 9.88 Å². The Balaban J connectivity index is 1.96. The number of aryl methyl sites for hydroxylation is 3. The van der Waals surface area contributed by atoms with Crippen molar-refractivity contribution in [2.75, 3.05) is 7.05 Å². The molecular weight excluding hydrogens is 276 g/mol. The van der Waals surface area contributed by atoms with Crippen molar-refractivity contribution in [2.45, 2.75) is 33.4 Å². The normalized spacial score (nSPS) is 11.4. The van der Waals surface area contributed by atoms with Gasteiger partial charge in [-0.05, 0) is 62.0 Å². The Labute approximate surface area is 130 Å². The van der Waals surface area contributed by atoms with Crippen LogP contribution in [0.2, 0.25) is 0 Å². The second kappa shape index (κ2) is 6.04. The maximum Gasteiger partial charge on any atom is 0.0485 e. The van der Waals surface area contributed by atoms with Crippen molar-refractivity contribution in [2.24, 2.45) is 0 Å². The minimum Gasteiger partial charge on any atom is -0.344 e. The molecule has 2 heterocycles. The predicted molar refractivity (Wildman–Crippen MR) is 92.2 cm³/mol. The second-order valence-electron chi connectivity index (χ2n) is 5.57. The van der Waals surface area contributed by atoms with Gasteiger partial charge in [0.25, 0.3) is 0 Å². The number of hydrogen-bond donors (Lipinski definition) is 1. The average molecular weight is 298 g/mol. The zero-order chi connectivity index (χ0) is 14.8. The van der Waals surface area contributed by atoms with Gasteiger partial charge in [0, 0.05) is 34.6 Å². The molecule has 110 valence electrons. The number of hydrogen-bond acceptors (Lipinski definition) is 2. The van der Waals surface area contributed by atoms with E-state index in [2.05, 4.69) is 59.4 Å². The monoisotopic (exact) mass is 298 g/mol. The van der Waals surface area contributed by atoms with Crippen molar-refractivity contribution in [3.63, 3.8) is 0 Å². The van der Waals surface area contributed by atoms with Gasteiger partial charge in [0.2, 0.25) is 0 Å². The van der Waals surface area contributed by atoms with E-state index in [-0.39, 0.29) is 0 Å². The Hall–Kier alpha value is -1.58. The summed E-state index contributed by atoms with van der Waals surface area (Å²) in [6.45, 7) is 6.46. The van der Waals surface area contributed by atoms with E-state index in [9.17, 15) is 0 Å². The van der Waals surface area contributed by atoms with E-state index in [1.54, 1.807) is 0 Å². The molecule has 3 heteroatoms. The molecule has 3 aromatic rings. The van der Waals surface area contributed by atoms with Gasteiger partial charge in [0.1, 0.15) is 0 Å². The first-order valence-corrected chi connectivity index (χ1v) is 8.34. The fourth-order valence-corrected chi connectivity index (χ4v) is 3.67. The minimum absolute atomic E-state index is 0.925. The van der Waals surface area contributed by atoms with Crippen LogP contribution in [-0.2, 0) is 19.5 Å². The molecule has 2 nitrogen and oxygen atoms in total. The molecule has 0 spiro atoms. The molecule has 0 aliphatic carbocycles. The Morgan fingerprint density at radius 1 is 1.19 bits per heavy atom. The van der Waals surface area contributed by atoms with Gasteiger partial charge >= 0.3 is 0 Å². The van der Waals surface area contributed by atoms with Gasteiger partial charge in [-0.1, -0.05) is 12.1 Å². The highest BCUT2D eigenvalue weighted by atomic mass is 32.1. The van der Waals surface area contributed by atoms with Gasteiger partial charge in [-0.2, -0.15) is 0 Å². The maximum absolute atomic E-state index is 3.23. The molecule has 1 N–H and O–H groups in total. The van der Waals surface area contributed by atoms with Crippen molar-refractivity contribution < 1.29 is 0 Å². The van der Waals surface area contributed by atoms with Crippen LogP contribution in [0.5, 0.6) is 0 Å². The molecule has 0 bridgehead atoms. The van der Waals surface area contributed by atoms with Gasteiger partial charge in [-0.15, -0.1) is 11.3 Å². The van der Waals surface area contributed by atoms with Crippen LogP contribution in [0.25, 0.3) is 10.9 Å². The lowest BCUT2D eigenvalue weighted by Gasteiger charge is -2.08. The third-order valence-electron chi connectivity index (χ3n) is 4.25. The number of thiophene rings is 1. The van der Waals surface area contributed by atoms with Gasteiger partial charge in [0.05, 0.1) is 0 Å². The van der Waals surface area contributed by atoms with Crippen LogP contribution >= 0.6 is 11.3 Å². The van der Waals surface area contributed by atoms with Crippen LogP contribution in [0.3, 0.4) is 0 Å². The molecule has 0 saturated carbocycles. The highest BCUT2D eigenvalue weighted by Gasteiger charge is 2.11. The Morgan fingerprint density at radius 3 is 2.76 bits per heavy atom. The Bertz CT molecular complexity index is 738. The lowest BCUT2D eigenvalue weighted by molar-refractivity contribution is 0.707. The summed E-state index contributed by atoms with van der Waals surface area (Å²) in [6.07, 6.45) is 1.11. The summed E-state index contributed by atoms with van der Waals surface area (Å²) in [4.78, 5) is 1.46. The highest BCUT2D eigenvalue weighted by molar-refractivity contribution is 7.09. The van der Waals surface area contributed by atoms with Crippen molar-refractivity contribution >= 4 is 22.2 Å². The van der Waals surface area contributed by atoms with Gasteiger partial charge in [-0.3, -0.25) is 0 Å². The molecule has 0 fully saturated rings. The minimum atomic E-state index is 0.925. The van der Waals surface area contributed by atoms with Crippen LogP contribution in [0.15, 0.2) is 35.7 Å². The molecule has 2 aromatic heterocycles. The first kappa shape index (κ1) is 14.4. The standard InChI is InChI=1S/C18H22N2S/c1-13-14(2)20(9-8-16-5-4-10-21-16)18-7-6-15(12-19-3)11-17(13)18/h4-7,10-11,19H,8-9,12H2,1-3H3. The lowest BCUT2D eigenvalue weighted by atomic mass is 10.1. The van der Waals surface area contributed by atoms with E-state index >= 15 is 0 Å². The number of nitrogens with zero attached hydrogens (tertiary/aromatic N) is 1. The van der Waals surface area contributed by atoms with E-state index < -0.39 is 0 Å². The molecule has 3 rings (SSSR count). The van der Waals surface area contributed by atoms with Gasteiger partial charge < -0.3 is 9.88 Å². The molecule has 0 amide bonds. The molecule has 21 heavy (non-hydrogen) atoms. The number of rotatable bonds is 5. The molecule has 1 aromatic carbocycles. The fourth-order valence-electron chi connectivity index (χ4n) is 2.98. The second-order valence-corrected chi connectivity index (χ2v) is 6.61. The van der Waals surface area contributed by atoms with Gasteiger partial charge in [-0.25, -0.2) is 0 Å². The van der Waals surface area contributed by atoms with Crippen LogP contribution in [-0.4, -0.2) is 11.6 Å². The SMILES string of the molecule is CNCc1ccc2c(c1)c(C)c(C)n2CCc1cccs1. The molecule has 0 aliphatic heterocycles. The molecular formula is C18H22N2S. The first-order valence-electron chi connectivity index (χ1n) is 7.46. The number of fused-ring (bicyclic) bond motifs is 1. The Morgan fingerprint density at radius 2 is 2.05 bits per heavy atom.